The Hall–Kier alpha value is -1.95. The smallest absolute Gasteiger partial charge is 0.357 e. The van der Waals surface area contributed by atoms with Crippen LogP contribution in [0.1, 0.15) is 24.3 Å². The maximum absolute atomic E-state index is 11.7. The van der Waals surface area contributed by atoms with Crippen LogP contribution in [-0.2, 0) is 9.53 Å². The molecular formula is C12H15NO5. The second kappa shape index (κ2) is 5.59. The zero-order chi connectivity index (χ0) is 13.8. The molecule has 0 saturated heterocycles. The van der Waals surface area contributed by atoms with E-state index in [1.165, 1.54) is 26.1 Å². The van der Waals surface area contributed by atoms with Gasteiger partial charge in [-0.15, -0.1) is 0 Å². The van der Waals surface area contributed by atoms with E-state index in [2.05, 4.69) is 4.98 Å². The van der Waals surface area contributed by atoms with Gasteiger partial charge in [0.2, 0.25) is 6.10 Å². The second-order valence-corrected chi connectivity index (χ2v) is 4.49. The monoisotopic (exact) mass is 253 g/mol. The Balaban J connectivity index is 2.86. The highest BCUT2D eigenvalue weighted by Gasteiger charge is 2.38. The van der Waals surface area contributed by atoms with Crippen molar-refractivity contribution in [3.63, 3.8) is 0 Å². The number of hydrogen-bond donors (Lipinski definition) is 2. The third kappa shape index (κ3) is 3.27. The number of nitrogens with zero attached hydrogens (tertiary/aromatic N) is 1. The van der Waals surface area contributed by atoms with Crippen LogP contribution in [0.4, 0.5) is 0 Å². The molecule has 1 rings (SSSR count). The van der Waals surface area contributed by atoms with Gasteiger partial charge in [-0.25, -0.2) is 14.6 Å². The minimum atomic E-state index is -1.43. The summed E-state index contributed by atoms with van der Waals surface area (Å²) in [5.41, 5.74) is -1.05. The molecule has 1 aromatic heterocycles. The number of pyridine rings is 1. The average Bonchev–Trinajstić information content (AvgIpc) is 2.36. The molecule has 0 unspecified atom stereocenters. The highest BCUT2D eigenvalue weighted by molar-refractivity contribution is 5.89. The lowest BCUT2D eigenvalue weighted by Crippen LogP contribution is -2.42. The Kier molecular flexibility index (Phi) is 4.38. The molecular weight excluding hydrogens is 238 g/mol. The van der Waals surface area contributed by atoms with Gasteiger partial charge in [0.15, 0.2) is 0 Å². The lowest BCUT2D eigenvalue weighted by atomic mass is 9.87. The van der Waals surface area contributed by atoms with Gasteiger partial charge in [0.05, 0.1) is 6.61 Å². The van der Waals surface area contributed by atoms with E-state index in [1.54, 1.807) is 12.1 Å². The third-order valence-electron chi connectivity index (χ3n) is 2.44. The Morgan fingerprint density at radius 1 is 1.44 bits per heavy atom. The first-order chi connectivity index (χ1) is 8.38. The number of carboxylic acid groups (broad SMARTS) is 1. The molecule has 0 saturated carbocycles. The minimum absolute atomic E-state index is 0.0255. The number of carbonyl (C=O) groups excluding carboxylic acids is 1. The summed E-state index contributed by atoms with van der Waals surface area (Å²) in [5, 5.41) is 18.2. The summed E-state index contributed by atoms with van der Waals surface area (Å²) in [6.45, 7) is 2.58. The summed E-state index contributed by atoms with van der Waals surface area (Å²) in [5.74, 6) is -2.14. The van der Waals surface area contributed by atoms with E-state index >= 15 is 0 Å². The normalized spacial score (nSPS) is 12.8. The van der Waals surface area contributed by atoms with Crippen molar-refractivity contribution in [1.82, 2.24) is 4.98 Å². The molecule has 0 spiro atoms. The van der Waals surface area contributed by atoms with E-state index < -0.39 is 30.1 Å². The summed E-state index contributed by atoms with van der Waals surface area (Å²) in [7, 11) is 0. The van der Waals surface area contributed by atoms with Gasteiger partial charge in [-0.05, 0) is 12.1 Å². The molecule has 0 fully saturated rings. The number of aliphatic carboxylic acids is 1. The minimum Gasteiger partial charge on any atom is -0.478 e. The van der Waals surface area contributed by atoms with Crippen LogP contribution in [-0.4, -0.2) is 39.8 Å². The van der Waals surface area contributed by atoms with Crippen molar-refractivity contribution in [3.8, 4) is 0 Å². The van der Waals surface area contributed by atoms with Crippen LogP contribution in [0.15, 0.2) is 24.4 Å². The van der Waals surface area contributed by atoms with Gasteiger partial charge < -0.3 is 14.9 Å². The van der Waals surface area contributed by atoms with E-state index in [-0.39, 0.29) is 5.69 Å². The first-order valence-electron chi connectivity index (χ1n) is 5.34. The molecule has 0 bridgehead atoms. The quantitative estimate of drug-likeness (QED) is 0.750. The van der Waals surface area contributed by atoms with Gasteiger partial charge >= 0.3 is 11.9 Å². The van der Waals surface area contributed by atoms with Crippen LogP contribution in [0.5, 0.6) is 0 Å². The maximum Gasteiger partial charge on any atom is 0.357 e. The lowest BCUT2D eigenvalue weighted by Gasteiger charge is -2.28. The predicted octanol–water partition coefficient (Wildman–Crippen LogP) is 0.710. The number of aliphatic hydroxyl groups is 1. The van der Waals surface area contributed by atoms with Crippen LogP contribution in [0, 0.1) is 5.41 Å². The van der Waals surface area contributed by atoms with E-state index in [0.29, 0.717) is 0 Å². The zero-order valence-corrected chi connectivity index (χ0v) is 10.2. The number of carboxylic acids is 1. The molecule has 1 atom stereocenters. The molecule has 18 heavy (non-hydrogen) atoms. The highest BCUT2D eigenvalue weighted by Crippen LogP contribution is 2.23. The van der Waals surface area contributed by atoms with Crippen molar-refractivity contribution in [1.29, 1.82) is 0 Å². The maximum atomic E-state index is 11.7. The standard InChI is InChI=1S/C12H15NO5/c1-12(2,7-14)9(10(15)16)18-11(17)8-5-3-4-6-13-8/h3-6,9,14H,7H2,1-2H3,(H,15,16)/t9-/m0/s1. The number of carbonyl (C=O) groups is 2. The number of aliphatic hydroxyl groups excluding tert-OH is 1. The molecule has 1 aromatic rings. The van der Waals surface area contributed by atoms with Gasteiger partial charge in [0.1, 0.15) is 5.69 Å². The van der Waals surface area contributed by atoms with E-state index in [0.717, 1.165) is 0 Å². The fourth-order valence-electron chi connectivity index (χ4n) is 1.28. The first kappa shape index (κ1) is 14.1. The van der Waals surface area contributed by atoms with Crippen LogP contribution in [0.2, 0.25) is 0 Å². The van der Waals surface area contributed by atoms with Gasteiger partial charge in [0.25, 0.3) is 0 Å². The van der Waals surface area contributed by atoms with E-state index in [4.69, 9.17) is 14.9 Å². The molecule has 0 aliphatic rings. The third-order valence-corrected chi connectivity index (χ3v) is 2.44. The Morgan fingerprint density at radius 2 is 2.11 bits per heavy atom. The molecule has 98 valence electrons. The molecule has 0 aromatic carbocycles. The summed E-state index contributed by atoms with van der Waals surface area (Å²) in [4.78, 5) is 26.5. The summed E-state index contributed by atoms with van der Waals surface area (Å²) in [6, 6.07) is 4.65. The highest BCUT2D eigenvalue weighted by atomic mass is 16.6. The molecule has 6 heteroatoms. The SMILES string of the molecule is CC(C)(CO)[C@@H](OC(=O)c1ccccn1)C(=O)O. The van der Waals surface area contributed by atoms with Crippen molar-refractivity contribution in [3.05, 3.63) is 30.1 Å². The molecule has 0 aliphatic carbocycles. The lowest BCUT2D eigenvalue weighted by molar-refractivity contribution is -0.155. The van der Waals surface area contributed by atoms with E-state index in [9.17, 15) is 9.59 Å². The second-order valence-electron chi connectivity index (χ2n) is 4.49. The van der Waals surface area contributed by atoms with Crippen LogP contribution < -0.4 is 0 Å². The topological polar surface area (TPSA) is 96.7 Å². The average molecular weight is 253 g/mol. The largest absolute Gasteiger partial charge is 0.478 e. The van der Waals surface area contributed by atoms with Crippen molar-refractivity contribution >= 4 is 11.9 Å². The van der Waals surface area contributed by atoms with Crippen LogP contribution in [0.25, 0.3) is 0 Å². The van der Waals surface area contributed by atoms with Crippen LogP contribution in [0.3, 0.4) is 0 Å². The number of ether oxygens (including phenoxy) is 1. The first-order valence-corrected chi connectivity index (χ1v) is 5.34. The summed E-state index contributed by atoms with van der Waals surface area (Å²) in [6.07, 6.45) is -0.0270. The van der Waals surface area contributed by atoms with Crippen molar-refractivity contribution < 1.29 is 24.5 Å². The van der Waals surface area contributed by atoms with Gasteiger partial charge in [-0.2, -0.15) is 0 Å². The molecule has 0 amide bonds. The summed E-state index contributed by atoms with van der Waals surface area (Å²) < 4.78 is 4.89. The van der Waals surface area contributed by atoms with Gasteiger partial charge in [-0.3, -0.25) is 0 Å². The molecule has 0 aliphatic heterocycles. The van der Waals surface area contributed by atoms with Crippen molar-refractivity contribution in [2.75, 3.05) is 6.61 Å². The Labute approximate surface area is 104 Å². The fraction of sp³-hybridized carbons (Fsp3) is 0.417. The Bertz CT molecular complexity index is 429. The number of hydrogen-bond acceptors (Lipinski definition) is 5. The molecule has 0 radical (unpaired) electrons. The van der Waals surface area contributed by atoms with Crippen molar-refractivity contribution in [2.24, 2.45) is 5.41 Å². The molecule has 1 heterocycles. The Morgan fingerprint density at radius 3 is 2.56 bits per heavy atom. The molecule has 6 nitrogen and oxygen atoms in total. The van der Waals surface area contributed by atoms with Gasteiger partial charge in [-0.1, -0.05) is 19.9 Å². The fourth-order valence-corrected chi connectivity index (χ4v) is 1.28. The van der Waals surface area contributed by atoms with Gasteiger partial charge in [0, 0.05) is 11.6 Å². The number of esters is 1. The zero-order valence-electron chi connectivity index (χ0n) is 10.2. The van der Waals surface area contributed by atoms with Crippen molar-refractivity contribution in [2.45, 2.75) is 20.0 Å². The predicted molar refractivity (Wildman–Crippen MR) is 61.9 cm³/mol. The number of aromatic nitrogens is 1. The number of rotatable bonds is 5. The molecule has 2 N–H and O–H groups in total. The van der Waals surface area contributed by atoms with E-state index in [1.807, 2.05) is 0 Å². The van der Waals surface area contributed by atoms with Crippen LogP contribution >= 0.6 is 0 Å². The summed E-state index contributed by atoms with van der Waals surface area (Å²) >= 11 is 0.